The van der Waals surface area contributed by atoms with Crippen molar-refractivity contribution >= 4 is 5.57 Å². The summed E-state index contributed by atoms with van der Waals surface area (Å²) in [5.41, 5.74) is 5.99. The highest BCUT2D eigenvalue weighted by molar-refractivity contribution is 5.78. The lowest BCUT2D eigenvalue weighted by molar-refractivity contribution is 0.358. The molecule has 0 aromatic heterocycles. The Morgan fingerprint density at radius 1 is 1.08 bits per heavy atom. The van der Waals surface area contributed by atoms with E-state index in [9.17, 15) is 0 Å². The Bertz CT molecular complexity index is 617. The van der Waals surface area contributed by atoms with Crippen LogP contribution in [0.1, 0.15) is 88.3 Å². The zero-order chi connectivity index (χ0) is 17.1. The van der Waals surface area contributed by atoms with E-state index in [2.05, 4.69) is 70.5 Å². The van der Waals surface area contributed by atoms with Gasteiger partial charge in [-0.2, -0.15) is 0 Å². The average molecular weight is 322 g/mol. The second-order valence-electron chi connectivity index (χ2n) is 8.33. The van der Waals surface area contributed by atoms with Gasteiger partial charge in [-0.1, -0.05) is 83.4 Å². The summed E-state index contributed by atoms with van der Waals surface area (Å²) in [6.45, 7) is 9.50. The van der Waals surface area contributed by atoms with E-state index in [1.165, 1.54) is 43.2 Å². The molecule has 24 heavy (non-hydrogen) atoms. The predicted octanol–water partition coefficient (Wildman–Crippen LogP) is 7.29. The molecule has 1 aromatic rings. The zero-order valence-corrected chi connectivity index (χ0v) is 15.9. The van der Waals surface area contributed by atoms with E-state index in [1.54, 1.807) is 11.1 Å². The van der Waals surface area contributed by atoms with Gasteiger partial charge in [-0.15, -0.1) is 0 Å². The highest BCUT2D eigenvalue weighted by atomic mass is 14.3. The second kappa shape index (κ2) is 7.72. The minimum atomic E-state index is 0.711. The largest absolute Gasteiger partial charge is 0.0760 e. The number of benzene rings is 1. The van der Waals surface area contributed by atoms with Gasteiger partial charge in [0, 0.05) is 6.42 Å². The molecule has 2 aliphatic carbocycles. The van der Waals surface area contributed by atoms with Gasteiger partial charge in [0.25, 0.3) is 0 Å². The summed E-state index contributed by atoms with van der Waals surface area (Å²) in [7, 11) is 0. The van der Waals surface area contributed by atoms with Gasteiger partial charge in [0.2, 0.25) is 0 Å². The monoisotopic (exact) mass is 321 g/mol. The number of fused-ring (bicyclic) bond motifs is 1. The van der Waals surface area contributed by atoms with Crippen LogP contribution in [0, 0.1) is 18.3 Å². The molecule has 0 saturated heterocycles. The summed E-state index contributed by atoms with van der Waals surface area (Å²) in [6, 6.07) is 7.24. The molecule has 1 aromatic carbocycles. The maximum Gasteiger partial charge on any atom is 0.0131 e. The van der Waals surface area contributed by atoms with E-state index in [-0.39, 0.29) is 0 Å². The lowest BCUT2D eigenvalue weighted by Gasteiger charge is -2.21. The standard InChI is InChI=1S/C24H33/c1-5-19(11-10-17(2)3)15-22-14-18(4)24-16-21(12-13-23(22)24)20-8-6-7-9-20/h6-9,12-13,16-19,22H,5,10-11,14-15H2,1-4H3. The first-order chi connectivity index (χ1) is 11.6. The van der Waals surface area contributed by atoms with E-state index in [4.69, 9.17) is 0 Å². The Morgan fingerprint density at radius 2 is 1.92 bits per heavy atom. The van der Waals surface area contributed by atoms with Crippen molar-refractivity contribution < 1.29 is 0 Å². The van der Waals surface area contributed by atoms with Crippen molar-refractivity contribution in [2.24, 2.45) is 11.8 Å². The third kappa shape index (κ3) is 3.85. The zero-order valence-electron chi connectivity index (χ0n) is 15.9. The van der Waals surface area contributed by atoms with E-state index in [1.807, 2.05) is 0 Å². The van der Waals surface area contributed by atoms with Gasteiger partial charge in [0.15, 0.2) is 0 Å². The van der Waals surface area contributed by atoms with Crippen molar-refractivity contribution in [2.75, 3.05) is 0 Å². The van der Waals surface area contributed by atoms with Crippen molar-refractivity contribution in [2.45, 2.75) is 71.6 Å². The van der Waals surface area contributed by atoms with Gasteiger partial charge in [-0.3, -0.25) is 0 Å². The Kier molecular flexibility index (Phi) is 5.64. The highest BCUT2D eigenvalue weighted by Gasteiger charge is 2.30. The molecule has 0 N–H and O–H groups in total. The molecular weight excluding hydrogens is 288 g/mol. The molecule has 1 radical (unpaired) electrons. The molecule has 0 spiro atoms. The quantitative estimate of drug-likeness (QED) is 0.494. The predicted molar refractivity (Wildman–Crippen MR) is 106 cm³/mol. The van der Waals surface area contributed by atoms with Crippen LogP contribution in [0.25, 0.3) is 5.57 Å². The summed E-state index contributed by atoms with van der Waals surface area (Å²) >= 11 is 0. The molecule has 3 rings (SSSR count). The first-order valence-electron chi connectivity index (χ1n) is 9.94. The SMILES string of the molecule is CCC(CCC(C)C)CC1CC(C)c2cc(C3=CC=C[CH]3)ccc21. The van der Waals surface area contributed by atoms with E-state index < -0.39 is 0 Å². The van der Waals surface area contributed by atoms with Crippen LogP contribution < -0.4 is 0 Å². The minimum Gasteiger partial charge on any atom is -0.0760 e. The van der Waals surface area contributed by atoms with E-state index >= 15 is 0 Å². The van der Waals surface area contributed by atoms with Gasteiger partial charge >= 0.3 is 0 Å². The summed E-state index contributed by atoms with van der Waals surface area (Å²) in [4.78, 5) is 0. The first-order valence-corrected chi connectivity index (χ1v) is 9.94. The Hall–Kier alpha value is -1.30. The van der Waals surface area contributed by atoms with Crippen LogP contribution in [0.4, 0.5) is 0 Å². The molecule has 2 aliphatic rings. The molecule has 0 heteroatoms. The van der Waals surface area contributed by atoms with Crippen LogP contribution in [-0.4, -0.2) is 0 Å². The van der Waals surface area contributed by atoms with Gasteiger partial charge in [-0.05, 0) is 58.8 Å². The van der Waals surface area contributed by atoms with Crippen LogP contribution in [-0.2, 0) is 0 Å². The summed E-state index contributed by atoms with van der Waals surface area (Å²) in [5.74, 6) is 3.22. The maximum absolute atomic E-state index is 2.46. The first kappa shape index (κ1) is 17.5. The Balaban J connectivity index is 1.72. The summed E-state index contributed by atoms with van der Waals surface area (Å²) < 4.78 is 0. The summed E-state index contributed by atoms with van der Waals surface area (Å²) in [5, 5.41) is 0. The molecule has 3 unspecified atom stereocenters. The fraction of sp³-hybridized carbons (Fsp3) is 0.542. The fourth-order valence-corrected chi connectivity index (χ4v) is 4.48. The molecule has 0 bridgehead atoms. The van der Waals surface area contributed by atoms with Crippen molar-refractivity contribution in [3.63, 3.8) is 0 Å². The normalized spacial score (nSPS) is 23.6. The third-order valence-corrected chi connectivity index (χ3v) is 6.04. The smallest absolute Gasteiger partial charge is 0.0131 e. The van der Waals surface area contributed by atoms with Gasteiger partial charge in [0.05, 0.1) is 0 Å². The van der Waals surface area contributed by atoms with Crippen molar-refractivity contribution in [1.82, 2.24) is 0 Å². The Morgan fingerprint density at radius 3 is 2.58 bits per heavy atom. The van der Waals surface area contributed by atoms with Crippen LogP contribution in [0.5, 0.6) is 0 Å². The van der Waals surface area contributed by atoms with Crippen LogP contribution in [0.3, 0.4) is 0 Å². The van der Waals surface area contributed by atoms with Crippen LogP contribution in [0.2, 0.25) is 0 Å². The van der Waals surface area contributed by atoms with Crippen molar-refractivity contribution in [1.29, 1.82) is 0 Å². The lowest BCUT2D eigenvalue weighted by Crippen LogP contribution is -2.07. The fourth-order valence-electron chi connectivity index (χ4n) is 4.48. The highest BCUT2D eigenvalue weighted by Crippen LogP contribution is 2.46. The second-order valence-corrected chi connectivity index (χ2v) is 8.33. The number of hydrogen-bond acceptors (Lipinski definition) is 0. The van der Waals surface area contributed by atoms with Gasteiger partial charge in [-0.25, -0.2) is 0 Å². The molecular formula is C24H33. The van der Waals surface area contributed by atoms with Gasteiger partial charge < -0.3 is 0 Å². The maximum atomic E-state index is 2.46. The molecule has 0 aliphatic heterocycles. The van der Waals surface area contributed by atoms with E-state index in [0.717, 1.165) is 17.8 Å². The van der Waals surface area contributed by atoms with Crippen LogP contribution >= 0.6 is 0 Å². The number of rotatable bonds is 7. The molecule has 0 amide bonds. The molecule has 3 atom stereocenters. The van der Waals surface area contributed by atoms with Crippen LogP contribution in [0.15, 0.2) is 36.4 Å². The molecule has 0 heterocycles. The molecule has 129 valence electrons. The van der Waals surface area contributed by atoms with Crippen molar-refractivity contribution in [3.8, 4) is 0 Å². The molecule has 0 fully saturated rings. The number of hydrogen-bond donors (Lipinski definition) is 0. The van der Waals surface area contributed by atoms with Gasteiger partial charge in [0.1, 0.15) is 0 Å². The Labute approximate surface area is 149 Å². The molecule has 0 nitrogen and oxygen atoms in total. The minimum absolute atomic E-state index is 0.711. The number of allylic oxidation sites excluding steroid dienone is 4. The topological polar surface area (TPSA) is 0 Å². The third-order valence-electron chi connectivity index (χ3n) is 6.04. The van der Waals surface area contributed by atoms with Crippen molar-refractivity contribution in [3.05, 3.63) is 59.5 Å². The molecule has 0 saturated carbocycles. The summed E-state index contributed by atoms with van der Waals surface area (Å²) in [6.07, 6.45) is 15.6. The van der Waals surface area contributed by atoms with E-state index in [0.29, 0.717) is 5.92 Å². The average Bonchev–Trinajstić information content (AvgIpc) is 3.20. The lowest BCUT2D eigenvalue weighted by atomic mass is 9.84.